The summed E-state index contributed by atoms with van der Waals surface area (Å²) >= 11 is 0. The molecule has 0 radical (unpaired) electrons. The summed E-state index contributed by atoms with van der Waals surface area (Å²) in [7, 11) is 0. The van der Waals surface area contributed by atoms with Gasteiger partial charge in [0.15, 0.2) is 0 Å². The van der Waals surface area contributed by atoms with E-state index in [-0.39, 0.29) is 24.1 Å². The number of nitrogens with two attached hydrogens (primary N) is 1. The quantitative estimate of drug-likeness (QED) is 0.356. The first-order valence-electron chi connectivity index (χ1n) is 11.1. The molecule has 5 rings (SSSR count). The van der Waals surface area contributed by atoms with E-state index in [2.05, 4.69) is 21.6 Å². The average molecular weight is 457 g/mol. The van der Waals surface area contributed by atoms with E-state index >= 15 is 0 Å². The number of amides is 1. The highest BCUT2D eigenvalue weighted by Crippen LogP contribution is 2.40. The van der Waals surface area contributed by atoms with Crippen LogP contribution in [-0.4, -0.2) is 45.6 Å². The van der Waals surface area contributed by atoms with Crippen LogP contribution in [0.4, 0.5) is 11.6 Å². The van der Waals surface area contributed by atoms with Crippen LogP contribution in [0.2, 0.25) is 0 Å². The number of nitrogens with zero attached hydrogens (tertiary/aromatic N) is 5. The lowest BCUT2D eigenvalue weighted by atomic mass is 10.0. The van der Waals surface area contributed by atoms with Crippen LogP contribution in [0.3, 0.4) is 0 Å². The van der Waals surface area contributed by atoms with Gasteiger partial charge < -0.3 is 20.6 Å². The minimum atomic E-state index is -1.03. The van der Waals surface area contributed by atoms with Gasteiger partial charge in [0.05, 0.1) is 6.54 Å². The molecule has 0 aliphatic carbocycles. The Kier molecular flexibility index (Phi) is 5.56. The number of quaternary nitrogens is 1. The number of anilines is 1. The fraction of sp³-hybridized carbons (Fsp3) is 0.200. The molecule has 1 saturated heterocycles. The van der Waals surface area contributed by atoms with Gasteiger partial charge in [-0.3, -0.25) is 4.79 Å². The molecular formula is C25H24N6O3. The Bertz CT molecular complexity index is 1260. The summed E-state index contributed by atoms with van der Waals surface area (Å²) in [5, 5.41) is 18.8. The van der Waals surface area contributed by atoms with Gasteiger partial charge in [-0.2, -0.15) is 9.74 Å². The number of hydroxylamine groups is 1. The van der Waals surface area contributed by atoms with Gasteiger partial charge in [0.25, 0.3) is 5.82 Å². The normalized spacial score (nSPS) is 21.5. The molecule has 2 atom stereocenters. The van der Waals surface area contributed by atoms with E-state index in [1.807, 2.05) is 54.6 Å². The minimum Gasteiger partial charge on any atom is -0.598 e. The number of hydrogen-bond acceptors (Lipinski definition) is 7. The molecule has 2 aromatic carbocycles. The van der Waals surface area contributed by atoms with Crippen molar-refractivity contribution in [1.29, 1.82) is 0 Å². The average Bonchev–Trinajstić information content (AvgIpc) is 3.20. The Balaban J connectivity index is 1.49. The Morgan fingerprint density at radius 1 is 1.15 bits per heavy atom. The van der Waals surface area contributed by atoms with Gasteiger partial charge >= 0.3 is 0 Å². The summed E-state index contributed by atoms with van der Waals surface area (Å²) in [4.78, 5) is 22.2. The molecule has 3 aromatic rings. The number of nitrogen functional groups attached to an aromatic ring is 1. The van der Waals surface area contributed by atoms with Crippen LogP contribution >= 0.6 is 0 Å². The predicted octanol–water partition coefficient (Wildman–Crippen LogP) is 3.60. The molecule has 1 aromatic heterocycles. The maximum absolute atomic E-state index is 14.2. The van der Waals surface area contributed by atoms with Crippen molar-refractivity contribution in [2.75, 3.05) is 18.8 Å². The maximum atomic E-state index is 14.2. The number of benzene rings is 2. The topological polar surface area (TPSA) is 117 Å². The smallest absolute Gasteiger partial charge is 0.269 e. The second-order valence-electron chi connectivity index (χ2n) is 8.25. The summed E-state index contributed by atoms with van der Waals surface area (Å²) in [6.45, 7) is 4.40. The van der Waals surface area contributed by atoms with Crippen molar-refractivity contribution in [3.63, 3.8) is 0 Å². The molecule has 0 saturated carbocycles. The molecule has 34 heavy (non-hydrogen) atoms. The Hall–Kier alpha value is -4.08. The van der Waals surface area contributed by atoms with Gasteiger partial charge in [-0.15, -0.1) is 0 Å². The van der Waals surface area contributed by atoms with Crippen molar-refractivity contribution in [2.45, 2.75) is 18.9 Å². The van der Waals surface area contributed by atoms with Crippen molar-refractivity contribution in [3.8, 4) is 11.5 Å². The van der Waals surface area contributed by atoms with E-state index in [9.17, 15) is 10.0 Å². The first-order valence-corrected chi connectivity index (χ1v) is 11.1. The minimum absolute atomic E-state index is 0.194. The number of hydrogen-bond donors (Lipinski definition) is 1. The van der Waals surface area contributed by atoms with Crippen LogP contribution in [0.5, 0.6) is 11.5 Å². The number of ether oxygens (including phenoxy) is 1. The third-order valence-electron chi connectivity index (χ3n) is 6.13. The summed E-state index contributed by atoms with van der Waals surface area (Å²) in [6, 6.07) is 16.2. The molecule has 2 aliphatic rings. The fourth-order valence-electron chi connectivity index (χ4n) is 4.44. The number of carbonyl (C=O) groups excluding carboxylic acids is 1. The van der Waals surface area contributed by atoms with E-state index in [0.717, 1.165) is 5.75 Å². The number of likely N-dealkylation sites (tertiary alicyclic amines) is 1. The lowest BCUT2D eigenvalue weighted by Crippen LogP contribution is -2.56. The number of para-hydroxylation sites is 1. The summed E-state index contributed by atoms with van der Waals surface area (Å²) < 4.78 is 4.84. The second-order valence-corrected chi connectivity index (χ2v) is 8.25. The zero-order valence-electron chi connectivity index (χ0n) is 18.5. The molecule has 1 amide bonds. The van der Waals surface area contributed by atoms with E-state index < -0.39 is 10.8 Å². The number of aromatic nitrogens is 2. The molecule has 9 heteroatoms. The molecule has 0 bridgehead atoms. The third kappa shape index (κ3) is 3.81. The highest BCUT2D eigenvalue weighted by atomic mass is 16.6. The lowest BCUT2D eigenvalue weighted by Gasteiger charge is -2.43. The lowest BCUT2D eigenvalue weighted by molar-refractivity contribution is -0.127. The van der Waals surface area contributed by atoms with E-state index in [0.29, 0.717) is 42.0 Å². The standard InChI is InChI=1S/C25H24N6O3/c1-2-21(32)30-14-6-7-18(15-30)31(33)25-22(24(26)27-16-28-25)23(29-31)17-10-12-20(13-11-17)34-19-8-4-3-5-9-19/h2-5,8-13,16,18H,1,6-7,14-15H2,(H2,26,27,28)/t18-,31?/m0/s1. The van der Waals surface area contributed by atoms with E-state index in [4.69, 9.17) is 10.5 Å². The van der Waals surface area contributed by atoms with Gasteiger partial charge in [0, 0.05) is 18.5 Å². The van der Waals surface area contributed by atoms with Gasteiger partial charge in [0.1, 0.15) is 41.0 Å². The molecular weight excluding hydrogens is 432 g/mol. The van der Waals surface area contributed by atoms with Crippen LogP contribution in [0.15, 0.2) is 78.7 Å². The molecule has 2 N–H and O–H groups in total. The van der Waals surface area contributed by atoms with Crippen molar-refractivity contribution < 1.29 is 9.53 Å². The van der Waals surface area contributed by atoms with Gasteiger partial charge in [-0.1, -0.05) is 29.9 Å². The maximum Gasteiger partial charge on any atom is 0.269 e. The number of carbonyl (C=O) groups is 1. The van der Waals surface area contributed by atoms with Gasteiger partial charge in [-0.25, -0.2) is 4.98 Å². The van der Waals surface area contributed by atoms with E-state index in [1.54, 1.807) is 4.90 Å². The summed E-state index contributed by atoms with van der Waals surface area (Å²) in [6.07, 6.45) is 3.85. The number of piperidine rings is 1. The first kappa shape index (κ1) is 21.7. The van der Waals surface area contributed by atoms with E-state index in [1.165, 1.54) is 12.4 Å². The Morgan fingerprint density at radius 2 is 1.88 bits per heavy atom. The van der Waals surface area contributed by atoms with Gasteiger partial charge in [-0.05, 0) is 48.9 Å². The highest BCUT2D eigenvalue weighted by Gasteiger charge is 2.46. The first-order chi connectivity index (χ1) is 16.5. The van der Waals surface area contributed by atoms with Crippen molar-refractivity contribution in [3.05, 3.63) is 89.9 Å². The zero-order chi connectivity index (χ0) is 23.7. The number of fused-ring (bicyclic) bond motifs is 1. The van der Waals surface area contributed by atoms with Gasteiger partial charge in [0.2, 0.25) is 5.91 Å². The second kappa shape index (κ2) is 8.69. The largest absolute Gasteiger partial charge is 0.598 e. The molecule has 2 aliphatic heterocycles. The molecule has 3 heterocycles. The molecule has 1 unspecified atom stereocenters. The van der Waals surface area contributed by atoms with Crippen LogP contribution in [0, 0.1) is 5.21 Å². The van der Waals surface area contributed by atoms with Crippen molar-refractivity contribution >= 4 is 23.3 Å². The molecule has 1 fully saturated rings. The number of rotatable bonds is 5. The molecule has 172 valence electrons. The Morgan fingerprint density at radius 3 is 2.62 bits per heavy atom. The van der Waals surface area contributed by atoms with Crippen LogP contribution in [0.25, 0.3) is 0 Å². The highest BCUT2D eigenvalue weighted by molar-refractivity contribution is 6.20. The third-order valence-corrected chi connectivity index (χ3v) is 6.13. The fourth-order valence-corrected chi connectivity index (χ4v) is 4.44. The summed E-state index contributed by atoms with van der Waals surface area (Å²) in [5.41, 5.74) is 7.76. The van der Waals surface area contributed by atoms with Crippen LogP contribution in [0.1, 0.15) is 24.0 Å². The summed E-state index contributed by atoms with van der Waals surface area (Å²) in [5.74, 6) is 1.57. The van der Waals surface area contributed by atoms with Crippen LogP contribution < -0.4 is 15.2 Å². The van der Waals surface area contributed by atoms with Crippen molar-refractivity contribution in [1.82, 2.24) is 19.6 Å². The zero-order valence-corrected chi connectivity index (χ0v) is 18.5. The SMILES string of the molecule is C=CC(=O)N1CCC[C@H]([N+]2([O-])N=C(c3ccc(Oc4ccccc4)cc3)c3c(N)ncnc32)C1. The molecule has 0 spiro atoms. The Labute approximate surface area is 197 Å². The molecule has 9 nitrogen and oxygen atoms in total. The van der Waals surface area contributed by atoms with Crippen LogP contribution in [-0.2, 0) is 4.79 Å². The monoisotopic (exact) mass is 456 g/mol. The van der Waals surface area contributed by atoms with Crippen molar-refractivity contribution in [2.24, 2.45) is 5.10 Å². The predicted molar refractivity (Wildman–Crippen MR) is 130 cm³/mol.